The lowest BCUT2D eigenvalue weighted by Gasteiger charge is -2.24. The fourth-order valence-corrected chi connectivity index (χ4v) is 7.44. The molecule has 0 aromatic heterocycles. The monoisotopic (exact) mass is 925 g/mol. The molecule has 0 spiro atoms. The molecule has 0 fully saturated rings. The first-order valence-corrected chi connectivity index (χ1v) is 26.7. The summed E-state index contributed by atoms with van der Waals surface area (Å²) in [6.45, 7) is 4.06. The summed E-state index contributed by atoms with van der Waals surface area (Å²) in [5, 5.41) is 20.3. The minimum absolute atomic E-state index is 0.00909. The number of phosphoric ester groups is 1. The number of aliphatic hydroxyl groups excluding tert-OH is 2. The Kier molecular flexibility index (Phi) is 41.6. The summed E-state index contributed by atoms with van der Waals surface area (Å²) >= 11 is 0. The second-order valence-corrected chi connectivity index (χ2v) is 19.7. The van der Waals surface area contributed by atoms with Crippen molar-refractivity contribution in [3.63, 3.8) is 0 Å². The van der Waals surface area contributed by atoms with Crippen molar-refractivity contribution in [1.82, 2.24) is 0 Å². The lowest BCUT2D eigenvalue weighted by Crippen LogP contribution is -2.37. The van der Waals surface area contributed by atoms with Gasteiger partial charge in [0, 0.05) is 12.8 Å². The number of quaternary nitrogens is 1. The third kappa shape index (κ3) is 46.2. The SMILES string of the molecule is CCCCCCCC/C=C\CCCCCCCCCCCCCC(=O)OC[C@H](COP(=O)(O)OCC[N+](C)(C)C)OC(=O)CCC[C@H](O)/C=C/C=C\C/C=C\C=C\[C@H](O)CCCCC. The van der Waals surface area contributed by atoms with Crippen LogP contribution < -0.4 is 0 Å². The molecule has 372 valence electrons. The Labute approximate surface area is 391 Å². The van der Waals surface area contributed by atoms with Crippen molar-refractivity contribution in [1.29, 1.82) is 0 Å². The molecular weight excluding hydrogens is 830 g/mol. The van der Waals surface area contributed by atoms with Crippen LogP contribution in [-0.2, 0) is 32.7 Å². The minimum Gasteiger partial charge on any atom is -0.462 e. The Balaban J connectivity index is 4.46. The lowest BCUT2D eigenvalue weighted by molar-refractivity contribution is -0.870. The number of aliphatic hydroxyl groups is 2. The van der Waals surface area contributed by atoms with Gasteiger partial charge in [-0.1, -0.05) is 184 Å². The second-order valence-electron chi connectivity index (χ2n) is 18.2. The van der Waals surface area contributed by atoms with Crippen molar-refractivity contribution in [2.75, 3.05) is 47.5 Å². The Morgan fingerprint density at radius 1 is 0.562 bits per heavy atom. The van der Waals surface area contributed by atoms with Gasteiger partial charge in [-0.2, -0.15) is 0 Å². The van der Waals surface area contributed by atoms with Crippen LogP contribution in [0, 0.1) is 0 Å². The van der Waals surface area contributed by atoms with Crippen molar-refractivity contribution in [3.05, 3.63) is 60.8 Å². The van der Waals surface area contributed by atoms with E-state index >= 15 is 0 Å². The molecule has 0 aliphatic heterocycles. The van der Waals surface area contributed by atoms with Crippen molar-refractivity contribution in [3.8, 4) is 0 Å². The highest BCUT2D eigenvalue weighted by Gasteiger charge is 2.27. The van der Waals surface area contributed by atoms with Crippen molar-refractivity contribution in [2.45, 2.75) is 212 Å². The number of carbonyl (C=O) groups excluding carboxylic acids is 2. The number of allylic oxidation sites excluding steroid dienone is 8. The van der Waals surface area contributed by atoms with E-state index in [2.05, 4.69) is 26.0 Å². The highest BCUT2D eigenvalue weighted by atomic mass is 31.2. The van der Waals surface area contributed by atoms with Crippen molar-refractivity contribution < 1.29 is 52.3 Å². The van der Waals surface area contributed by atoms with E-state index in [0.717, 1.165) is 44.9 Å². The summed E-state index contributed by atoms with van der Waals surface area (Å²) in [5.41, 5.74) is 0. The van der Waals surface area contributed by atoms with E-state index in [1.165, 1.54) is 96.3 Å². The largest absolute Gasteiger partial charge is 0.472 e. The van der Waals surface area contributed by atoms with E-state index in [4.69, 9.17) is 18.5 Å². The van der Waals surface area contributed by atoms with Gasteiger partial charge in [0.15, 0.2) is 6.10 Å². The number of rotatable bonds is 45. The van der Waals surface area contributed by atoms with Crippen LogP contribution in [0.1, 0.15) is 194 Å². The molecular formula is C52H95NO10P+. The number of phosphoric acid groups is 1. The van der Waals surface area contributed by atoms with E-state index in [0.29, 0.717) is 36.7 Å². The average Bonchev–Trinajstić information content (AvgIpc) is 3.24. The van der Waals surface area contributed by atoms with Crippen LogP contribution >= 0.6 is 7.82 Å². The maximum absolute atomic E-state index is 12.7. The zero-order valence-electron chi connectivity index (χ0n) is 41.2. The topological polar surface area (TPSA) is 149 Å². The molecule has 0 saturated heterocycles. The molecule has 0 bridgehead atoms. The van der Waals surface area contributed by atoms with E-state index in [-0.39, 0.29) is 26.1 Å². The van der Waals surface area contributed by atoms with Crippen LogP contribution in [0.4, 0.5) is 0 Å². The van der Waals surface area contributed by atoms with Gasteiger partial charge in [-0.15, -0.1) is 0 Å². The quantitative estimate of drug-likeness (QED) is 0.0135. The molecule has 0 heterocycles. The molecule has 64 heavy (non-hydrogen) atoms. The smallest absolute Gasteiger partial charge is 0.462 e. The van der Waals surface area contributed by atoms with Gasteiger partial charge in [0.25, 0.3) is 0 Å². The fraction of sp³-hybridized carbons (Fsp3) is 0.769. The normalized spacial score (nSPS) is 14.9. The molecule has 0 rings (SSSR count). The third-order valence-electron chi connectivity index (χ3n) is 10.7. The molecule has 0 saturated carbocycles. The van der Waals surface area contributed by atoms with Gasteiger partial charge in [0.05, 0.1) is 40.0 Å². The molecule has 0 aromatic carbocycles. The predicted octanol–water partition coefficient (Wildman–Crippen LogP) is 12.7. The molecule has 0 aromatic rings. The summed E-state index contributed by atoms with van der Waals surface area (Å²) < 4.78 is 34.2. The standard InChI is InChI=1S/C52H94NO10P/c1-6-8-10-11-12-13-14-15-16-17-18-19-20-21-22-23-24-25-29-32-36-42-51(56)60-46-50(47-62-64(58,59)61-45-44-53(3,4)5)63-52(57)43-37-41-49(55)40-35-31-28-26-27-30-34-39-48(54)38-33-9-7-2/h15-16,27-28,30-31,34-35,39-40,48-50,54-55H,6-14,17-26,29,32-33,36-38,41-47H2,1-5H3/p+1/b16-15-,30-27-,31-28-,39-34+,40-35+/t48-,49-,50-/m1/s1. The number of carbonyl (C=O) groups is 2. The Morgan fingerprint density at radius 2 is 1.03 bits per heavy atom. The molecule has 0 amide bonds. The van der Waals surface area contributed by atoms with E-state index in [9.17, 15) is 29.3 Å². The first kappa shape index (κ1) is 61.6. The average molecular weight is 925 g/mol. The van der Waals surface area contributed by atoms with E-state index < -0.39 is 44.7 Å². The maximum Gasteiger partial charge on any atom is 0.472 e. The number of unbranched alkanes of at least 4 members (excludes halogenated alkanes) is 19. The Morgan fingerprint density at radius 3 is 1.56 bits per heavy atom. The minimum atomic E-state index is -4.45. The molecule has 0 aliphatic carbocycles. The summed E-state index contributed by atoms with van der Waals surface area (Å²) in [6.07, 6.45) is 46.3. The number of hydrogen-bond donors (Lipinski definition) is 3. The first-order valence-electron chi connectivity index (χ1n) is 25.2. The van der Waals surface area contributed by atoms with Crippen LogP contribution in [0.5, 0.6) is 0 Å². The number of hydrogen-bond acceptors (Lipinski definition) is 9. The molecule has 0 radical (unpaired) electrons. The number of ether oxygens (including phenoxy) is 2. The summed E-state index contributed by atoms with van der Waals surface area (Å²) in [5.74, 6) is -1.03. The molecule has 1 unspecified atom stereocenters. The highest BCUT2D eigenvalue weighted by molar-refractivity contribution is 7.47. The van der Waals surface area contributed by atoms with Crippen LogP contribution in [-0.4, -0.2) is 97.3 Å². The summed E-state index contributed by atoms with van der Waals surface area (Å²) in [7, 11) is 1.33. The molecule has 3 N–H and O–H groups in total. The van der Waals surface area contributed by atoms with Crippen LogP contribution in [0.25, 0.3) is 0 Å². The van der Waals surface area contributed by atoms with Crippen molar-refractivity contribution >= 4 is 19.8 Å². The fourth-order valence-electron chi connectivity index (χ4n) is 6.69. The van der Waals surface area contributed by atoms with Crippen molar-refractivity contribution in [2.24, 2.45) is 0 Å². The van der Waals surface area contributed by atoms with Crippen LogP contribution in [0.2, 0.25) is 0 Å². The zero-order valence-corrected chi connectivity index (χ0v) is 42.1. The Hall–Kier alpha value is -2.37. The molecule has 12 heteroatoms. The van der Waals surface area contributed by atoms with Gasteiger partial charge in [-0.25, -0.2) is 4.57 Å². The Bertz CT molecular complexity index is 1310. The number of esters is 2. The second kappa shape index (κ2) is 43.2. The van der Waals surface area contributed by atoms with E-state index in [1.54, 1.807) is 18.2 Å². The third-order valence-corrected chi connectivity index (χ3v) is 11.7. The van der Waals surface area contributed by atoms with Gasteiger partial charge >= 0.3 is 19.8 Å². The summed E-state index contributed by atoms with van der Waals surface area (Å²) in [4.78, 5) is 35.5. The van der Waals surface area contributed by atoms with Gasteiger partial charge < -0.3 is 29.1 Å². The lowest BCUT2D eigenvalue weighted by atomic mass is 10.0. The number of nitrogens with zero attached hydrogens (tertiary/aromatic N) is 1. The van der Waals surface area contributed by atoms with Gasteiger partial charge in [-0.05, 0) is 57.8 Å². The van der Waals surface area contributed by atoms with Gasteiger partial charge in [-0.3, -0.25) is 18.6 Å². The van der Waals surface area contributed by atoms with Gasteiger partial charge in [0.1, 0.15) is 19.8 Å². The molecule has 11 nitrogen and oxygen atoms in total. The first-order chi connectivity index (χ1) is 30.8. The highest BCUT2D eigenvalue weighted by Crippen LogP contribution is 2.43. The maximum atomic E-state index is 12.7. The van der Waals surface area contributed by atoms with Gasteiger partial charge in [0.2, 0.25) is 0 Å². The van der Waals surface area contributed by atoms with Crippen LogP contribution in [0.15, 0.2) is 60.8 Å². The summed E-state index contributed by atoms with van der Waals surface area (Å²) in [6, 6.07) is 0. The number of likely N-dealkylation sites (N-methyl/N-ethyl adjacent to an activating group) is 1. The van der Waals surface area contributed by atoms with E-state index in [1.807, 2.05) is 51.5 Å². The molecule has 4 atom stereocenters. The predicted molar refractivity (Wildman–Crippen MR) is 264 cm³/mol. The van der Waals surface area contributed by atoms with Crippen LogP contribution in [0.3, 0.4) is 0 Å². The molecule has 0 aliphatic rings. The zero-order chi connectivity index (χ0) is 47.4.